The monoisotopic (exact) mass is 355 g/mol. The number of thiocarbonyl (C=S) groups is 1. The highest BCUT2D eigenvalue weighted by Gasteiger charge is 2.54. The third-order valence-corrected chi connectivity index (χ3v) is 5.44. The van der Waals surface area contributed by atoms with Gasteiger partial charge in [-0.05, 0) is 37.3 Å². The van der Waals surface area contributed by atoms with Gasteiger partial charge in [-0.25, -0.2) is 0 Å². The van der Waals surface area contributed by atoms with Crippen LogP contribution in [0.25, 0.3) is 0 Å². The Hall–Kier alpha value is -2.67. The number of hydrogen-bond donors (Lipinski definition) is 1. The maximum atomic E-state index is 11.1. The van der Waals surface area contributed by atoms with Crippen LogP contribution in [0.4, 0.5) is 11.4 Å². The zero-order valence-corrected chi connectivity index (χ0v) is 14.6. The molecule has 2 heterocycles. The fourth-order valence-electron chi connectivity index (χ4n) is 3.68. The van der Waals surface area contributed by atoms with E-state index in [0.29, 0.717) is 10.9 Å². The van der Waals surface area contributed by atoms with Crippen molar-refractivity contribution in [2.45, 2.75) is 25.6 Å². The molecule has 128 valence electrons. The van der Waals surface area contributed by atoms with Crippen molar-refractivity contribution in [3.05, 3.63) is 64.2 Å². The molecule has 1 fully saturated rings. The number of nitrogens with one attached hydrogen (secondary N) is 1. The van der Waals surface area contributed by atoms with E-state index in [-0.39, 0.29) is 17.6 Å². The molecular weight excluding hydrogens is 338 g/mol. The summed E-state index contributed by atoms with van der Waals surface area (Å²) in [6, 6.07) is 14.4. The van der Waals surface area contributed by atoms with Gasteiger partial charge in [0.25, 0.3) is 5.69 Å². The standard InChI is InChI=1S/C18H17N3O3S/c1-11-16-14-10-13(21(22)23)8-9-15(14)24-18(11,2)20(17(25)19-16)12-6-4-3-5-7-12/h3-11,16H,1-2H3,(H,19,25)/t11-,16-,18-/m0/s1. The molecule has 0 saturated carbocycles. The van der Waals surface area contributed by atoms with Gasteiger partial charge >= 0.3 is 0 Å². The van der Waals surface area contributed by atoms with Gasteiger partial charge in [-0.3, -0.25) is 15.0 Å². The summed E-state index contributed by atoms with van der Waals surface area (Å²) >= 11 is 5.60. The molecule has 0 aliphatic carbocycles. The van der Waals surface area contributed by atoms with E-state index in [4.69, 9.17) is 17.0 Å². The summed E-state index contributed by atoms with van der Waals surface area (Å²) in [5, 5.41) is 15.0. The predicted molar refractivity (Wildman–Crippen MR) is 98.7 cm³/mol. The van der Waals surface area contributed by atoms with Crippen LogP contribution in [0.15, 0.2) is 48.5 Å². The first-order valence-electron chi connectivity index (χ1n) is 8.05. The Morgan fingerprint density at radius 3 is 2.68 bits per heavy atom. The van der Waals surface area contributed by atoms with Crippen LogP contribution in [-0.2, 0) is 0 Å². The van der Waals surface area contributed by atoms with Crippen LogP contribution >= 0.6 is 12.2 Å². The second kappa shape index (κ2) is 5.42. The second-order valence-corrected chi connectivity index (χ2v) is 6.91. The normalized spacial score (nSPS) is 27.1. The number of nitro groups is 1. The molecule has 25 heavy (non-hydrogen) atoms. The van der Waals surface area contributed by atoms with Crippen LogP contribution < -0.4 is 15.0 Å². The van der Waals surface area contributed by atoms with E-state index >= 15 is 0 Å². The van der Waals surface area contributed by atoms with Crippen LogP contribution in [0.2, 0.25) is 0 Å². The molecule has 0 spiro atoms. The minimum atomic E-state index is -0.683. The SMILES string of the molecule is C[C@H]1[C@@H]2NC(=S)N(c3ccccc3)[C@@]1(C)Oc1ccc([N+](=O)[O-])cc12. The summed E-state index contributed by atoms with van der Waals surface area (Å²) in [5.41, 5.74) is 1.08. The Balaban J connectivity index is 1.84. The molecule has 6 nitrogen and oxygen atoms in total. The maximum absolute atomic E-state index is 11.1. The van der Waals surface area contributed by atoms with Crippen LogP contribution in [0.3, 0.4) is 0 Å². The van der Waals surface area contributed by atoms with Crippen LogP contribution in [0.5, 0.6) is 5.75 Å². The van der Waals surface area contributed by atoms with Crippen molar-refractivity contribution in [3.8, 4) is 5.75 Å². The molecule has 2 aromatic rings. The Bertz CT molecular complexity index is 873. The molecule has 0 aromatic heterocycles. The molecule has 1 saturated heterocycles. The Labute approximate surface area is 150 Å². The summed E-state index contributed by atoms with van der Waals surface area (Å²) in [7, 11) is 0. The summed E-state index contributed by atoms with van der Waals surface area (Å²) in [4.78, 5) is 12.7. The van der Waals surface area contributed by atoms with Crippen molar-refractivity contribution >= 4 is 28.7 Å². The number of nitrogens with zero attached hydrogens (tertiary/aromatic N) is 2. The third-order valence-electron chi connectivity index (χ3n) is 5.14. The number of nitro benzene ring substituents is 1. The van der Waals surface area contributed by atoms with E-state index in [1.807, 2.05) is 42.2 Å². The van der Waals surface area contributed by atoms with Crippen molar-refractivity contribution in [1.29, 1.82) is 0 Å². The van der Waals surface area contributed by atoms with Gasteiger partial charge in [0, 0.05) is 29.3 Å². The fraction of sp³-hybridized carbons (Fsp3) is 0.278. The Morgan fingerprint density at radius 1 is 1.28 bits per heavy atom. The molecule has 3 atom stereocenters. The first kappa shape index (κ1) is 15.8. The summed E-state index contributed by atoms with van der Waals surface area (Å²) < 4.78 is 6.35. The highest BCUT2D eigenvalue weighted by molar-refractivity contribution is 7.80. The van der Waals surface area contributed by atoms with E-state index in [9.17, 15) is 10.1 Å². The molecule has 2 aliphatic heterocycles. The minimum Gasteiger partial charge on any atom is -0.467 e. The lowest BCUT2D eigenvalue weighted by molar-refractivity contribution is -0.385. The number of fused-ring (bicyclic) bond motifs is 4. The maximum Gasteiger partial charge on any atom is 0.270 e. The second-order valence-electron chi connectivity index (χ2n) is 6.52. The number of rotatable bonds is 2. The van der Waals surface area contributed by atoms with Gasteiger partial charge in [0.1, 0.15) is 5.75 Å². The number of anilines is 1. The smallest absolute Gasteiger partial charge is 0.270 e. The van der Waals surface area contributed by atoms with Crippen molar-refractivity contribution in [3.63, 3.8) is 0 Å². The highest BCUT2D eigenvalue weighted by Crippen LogP contribution is 2.49. The van der Waals surface area contributed by atoms with Gasteiger partial charge in [0.15, 0.2) is 10.8 Å². The predicted octanol–water partition coefficient (Wildman–Crippen LogP) is 3.78. The topological polar surface area (TPSA) is 67.6 Å². The zero-order chi connectivity index (χ0) is 17.8. The van der Waals surface area contributed by atoms with Crippen molar-refractivity contribution < 1.29 is 9.66 Å². The molecule has 7 heteroatoms. The molecule has 4 rings (SSSR count). The first-order valence-corrected chi connectivity index (χ1v) is 8.46. The fourth-order valence-corrected chi connectivity index (χ4v) is 4.10. The molecular formula is C18H17N3O3S. The van der Waals surface area contributed by atoms with Crippen LogP contribution in [-0.4, -0.2) is 15.8 Å². The molecule has 2 bridgehead atoms. The van der Waals surface area contributed by atoms with Gasteiger partial charge in [0.2, 0.25) is 0 Å². The van der Waals surface area contributed by atoms with Crippen molar-refractivity contribution in [1.82, 2.24) is 5.32 Å². The first-order chi connectivity index (χ1) is 11.9. The van der Waals surface area contributed by atoms with Gasteiger partial charge in [-0.1, -0.05) is 25.1 Å². The van der Waals surface area contributed by atoms with Crippen molar-refractivity contribution in [2.75, 3.05) is 4.90 Å². The number of ether oxygens (including phenoxy) is 1. The molecule has 0 unspecified atom stereocenters. The average Bonchev–Trinajstić information content (AvgIpc) is 2.58. The lowest BCUT2D eigenvalue weighted by atomic mass is 9.80. The van der Waals surface area contributed by atoms with Gasteiger partial charge in [-0.2, -0.15) is 0 Å². The molecule has 0 amide bonds. The number of para-hydroxylation sites is 1. The van der Waals surface area contributed by atoms with E-state index in [2.05, 4.69) is 12.2 Å². The number of benzene rings is 2. The van der Waals surface area contributed by atoms with E-state index in [1.165, 1.54) is 6.07 Å². The van der Waals surface area contributed by atoms with Crippen LogP contribution in [0, 0.1) is 16.0 Å². The summed E-state index contributed by atoms with van der Waals surface area (Å²) in [6.45, 7) is 4.08. The Kier molecular flexibility index (Phi) is 3.43. The van der Waals surface area contributed by atoms with E-state index < -0.39 is 10.6 Å². The van der Waals surface area contributed by atoms with Crippen molar-refractivity contribution in [2.24, 2.45) is 5.92 Å². The lowest BCUT2D eigenvalue weighted by Crippen LogP contribution is -2.69. The average molecular weight is 355 g/mol. The summed E-state index contributed by atoms with van der Waals surface area (Å²) in [6.07, 6.45) is 0. The third kappa shape index (κ3) is 2.26. The molecule has 0 radical (unpaired) electrons. The van der Waals surface area contributed by atoms with Gasteiger partial charge in [-0.15, -0.1) is 0 Å². The zero-order valence-electron chi connectivity index (χ0n) is 13.8. The van der Waals surface area contributed by atoms with E-state index in [1.54, 1.807) is 12.1 Å². The molecule has 2 aromatic carbocycles. The van der Waals surface area contributed by atoms with Gasteiger partial charge in [0.05, 0.1) is 11.0 Å². The lowest BCUT2D eigenvalue weighted by Gasteiger charge is -2.56. The largest absolute Gasteiger partial charge is 0.467 e. The number of hydrogen-bond acceptors (Lipinski definition) is 4. The molecule has 1 N–H and O–H groups in total. The minimum absolute atomic E-state index is 0.0221. The van der Waals surface area contributed by atoms with Crippen LogP contribution in [0.1, 0.15) is 25.5 Å². The molecule has 2 aliphatic rings. The quantitative estimate of drug-likeness (QED) is 0.502. The van der Waals surface area contributed by atoms with E-state index in [0.717, 1.165) is 11.3 Å². The van der Waals surface area contributed by atoms with Gasteiger partial charge < -0.3 is 10.1 Å². The highest BCUT2D eigenvalue weighted by atomic mass is 32.1. The summed E-state index contributed by atoms with van der Waals surface area (Å²) in [5.74, 6) is 0.668. The Morgan fingerprint density at radius 2 is 2.00 bits per heavy atom. The number of non-ortho nitro benzene ring substituents is 1.